The van der Waals surface area contributed by atoms with E-state index < -0.39 is 5.54 Å². The van der Waals surface area contributed by atoms with E-state index in [1.165, 1.54) is 0 Å². The second kappa shape index (κ2) is 4.70. The number of aliphatic hydroxyl groups excluding tert-OH is 1. The van der Waals surface area contributed by atoms with Crippen LogP contribution in [0.25, 0.3) is 0 Å². The van der Waals surface area contributed by atoms with Crippen molar-refractivity contribution in [2.45, 2.75) is 26.3 Å². The first-order chi connectivity index (χ1) is 4.98. The lowest BCUT2D eigenvalue weighted by Gasteiger charge is -2.22. The fourth-order valence-corrected chi connectivity index (χ4v) is 0.702. The van der Waals surface area contributed by atoms with Gasteiger partial charge in [-0.3, -0.25) is 0 Å². The number of nitrogens with two attached hydrogens (primary N) is 1. The molecule has 0 amide bonds. The van der Waals surface area contributed by atoms with Crippen LogP contribution in [-0.4, -0.2) is 30.3 Å². The third-order valence-corrected chi connectivity index (χ3v) is 1.44. The molecule has 0 aromatic heterocycles. The van der Waals surface area contributed by atoms with Gasteiger partial charge in [0.2, 0.25) is 0 Å². The van der Waals surface area contributed by atoms with Crippen molar-refractivity contribution < 1.29 is 5.11 Å². The van der Waals surface area contributed by atoms with Crippen molar-refractivity contribution in [3.05, 3.63) is 0 Å². The summed E-state index contributed by atoms with van der Waals surface area (Å²) in [6, 6.07) is 0. The average Bonchev–Trinajstić information content (AvgIpc) is 1.87. The highest BCUT2D eigenvalue weighted by Crippen LogP contribution is 1.95. The van der Waals surface area contributed by atoms with E-state index in [2.05, 4.69) is 19.2 Å². The van der Waals surface area contributed by atoms with Crippen LogP contribution < -0.4 is 11.1 Å². The molecule has 1 atom stereocenters. The minimum atomic E-state index is -0.477. The molecule has 0 radical (unpaired) electrons. The number of nitrogens with one attached hydrogen (secondary N) is 1. The molecule has 3 heteroatoms. The Bertz CT molecular complexity index is 102. The highest BCUT2D eigenvalue weighted by atomic mass is 16.3. The molecule has 1 unspecified atom stereocenters. The lowest BCUT2D eigenvalue weighted by atomic mass is 10.1. The SMILES string of the molecule is CC(C)CNCC(C)(N)CO. The van der Waals surface area contributed by atoms with Crippen LogP contribution in [0.15, 0.2) is 0 Å². The first-order valence-electron chi connectivity index (χ1n) is 4.08. The van der Waals surface area contributed by atoms with Crippen molar-refractivity contribution in [1.29, 1.82) is 0 Å². The van der Waals surface area contributed by atoms with Gasteiger partial charge in [0.1, 0.15) is 0 Å². The zero-order valence-corrected chi connectivity index (χ0v) is 7.72. The number of aliphatic hydroxyl groups is 1. The lowest BCUT2D eigenvalue weighted by molar-refractivity contribution is 0.204. The monoisotopic (exact) mass is 160 g/mol. The molecular formula is C8H20N2O. The maximum atomic E-state index is 8.79. The number of rotatable bonds is 5. The molecule has 0 spiro atoms. The van der Waals surface area contributed by atoms with Crippen LogP contribution in [0.4, 0.5) is 0 Å². The van der Waals surface area contributed by atoms with E-state index in [0.717, 1.165) is 6.54 Å². The molecule has 0 aromatic carbocycles. The van der Waals surface area contributed by atoms with Gasteiger partial charge in [-0.2, -0.15) is 0 Å². The quantitative estimate of drug-likeness (QED) is 0.528. The van der Waals surface area contributed by atoms with Gasteiger partial charge < -0.3 is 16.2 Å². The molecule has 68 valence electrons. The standard InChI is InChI=1S/C8H20N2O/c1-7(2)4-10-5-8(3,9)6-11/h7,10-11H,4-6,9H2,1-3H3. The molecule has 3 nitrogen and oxygen atoms in total. The average molecular weight is 160 g/mol. The third-order valence-electron chi connectivity index (χ3n) is 1.44. The summed E-state index contributed by atoms with van der Waals surface area (Å²) in [5.74, 6) is 0.629. The van der Waals surface area contributed by atoms with Crippen LogP contribution in [0.5, 0.6) is 0 Å². The summed E-state index contributed by atoms with van der Waals surface area (Å²) in [5.41, 5.74) is 5.21. The Morgan fingerprint density at radius 3 is 2.45 bits per heavy atom. The Hall–Kier alpha value is -0.120. The van der Waals surface area contributed by atoms with Crippen LogP contribution in [0.1, 0.15) is 20.8 Å². The Balaban J connectivity index is 3.38. The van der Waals surface area contributed by atoms with Crippen LogP contribution >= 0.6 is 0 Å². The second-order valence-corrected chi connectivity index (χ2v) is 3.84. The molecule has 0 aliphatic carbocycles. The Morgan fingerprint density at radius 2 is 2.09 bits per heavy atom. The van der Waals surface area contributed by atoms with Gasteiger partial charge in [-0.15, -0.1) is 0 Å². The summed E-state index contributed by atoms with van der Waals surface area (Å²) in [4.78, 5) is 0. The fourth-order valence-electron chi connectivity index (χ4n) is 0.702. The van der Waals surface area contributed by atoms with E-state index >= 15 is 0 Å². The van der Waals surface area contributed by atoms with Gasteiger partial charge in [-0.05, 0) is 19.4 Å². The fraction of sp³-hybridized carbons (Fsp3) is 1.00. The molecule has 0 aliphatic rings. The zero-order valence-electron chi connectivity index (χ0n) is 7.72. The smallest absolute Gasteiger partial charge is 0.0620 e. The summed E-state index contributed by atoms with van der Waals surface area (Å²) in [6.07, 6.45) is 0. The highest BCUT2D eigenvalue weighted by Gasteiger charge is 2.15. The van der Waals surface area contributed by atoms with Crippen molar-refractivity contribution in [3.63, 3.8) is 0 Å². The van der Waals surface area contributed by atoms with Crippen molar-refractivity contribution in [2.24, 2.45) is 11.7 Å². The van der Waals surface area contributed by atoms with Crippen molar-refractivity contribution >= 4 is 0 Å². The molecule has 4 N–H and O–H groups in total. The lowest BCUT2D eigenvalue weighted by Crippen LogP contribution is -2.49. The Labute approximate surface area is 69.0 Å². The first-order valence-corrected chi connectivity index (χ1v) is 4.08. The largest absolute Gasteiger partial charge is 0.394 e. The second-order valence-electron chi connectivity index (χ2n) is 3.84. The van der Waals surface area contributed by atoms with Crippen LogP contribution in [0.3, 0.4) is 0 Å². The van der Waals surface area contributed by atoms with Gasteiger partial charge in [-0.1, -0.05) is 13.8 Å². The van der Waals surface area contributed by atoms with E-state index in [1.54, 1.807) is 0 Å². The summed E-state index contributed by atoms with van der Waals surface area (Å²) < 4.78 is 0. The van der Waals surface area contributed by atoms with E-state index in [-0.39, 0.29) is 6.61 Å². The maximum absolute atomic E-state index is 8.79. The summed E-state index contributed by atoms with van der Waals surface area (Å²) >= 11 is 0. The predicted molar refractivity (Wildman–Crippen MR) is 47.4 cm³/mol. The van der Waals surface area contributed by atoms with E-state index in [4.69, 9.17) is 10.8 Å². The van der Waals surface area contributed by atoms with Gasteiger partial charge in [0.25, 0.3) is 0 Å². The van der Waals surface area contributed by atoms with E-state index in [9.17, 15) is 0 Å². The van der Waals surface area contributed by atoms with E-state index in [1.807, 2.05) is 6.92 Å². The van der Waals surface area contributed by atoms with Gasteiger partial charge in [0.15, 0.2) is 0 Å². The molecule has 0 heterocycles. The van der Waals surface area contributed by atoms with Crippen LogP contribution in [0.2, 0.25) is 0 Å². The van der Waals surface area contributed by atoms with Crippen LogP contribution in [-0.2, 0) is 0 Å². The molecule has 0 saturated carbocycles. The molecule has 0 fully saturated rings. The molecular weight excluding hydrogens is 140 g/mol. The molecule has 0 bridgehead atoms. The highest BCUT2D eigenvalue weighted by molar-refractivity contribution is 4.79. The Kier molecular flexibility index (Phi) is 4.65. The minimum Gasteiger partial charge on any atom is -0.394 e. The van der Waals surface area contributed by atoms with Gasteiger partial charge in [-0.25, -0.2) is 0 Å². The molecule has 0 aromatic rings. The topological polar surface area (TPSA) is 58.3 Å². The minimum absolute atomic E-state index is 0.0259. The molecule has 11 heavy (non-hydrogen) atoms. The predicted octanol–water partition coefficient (Wildman–Crippen LogP) is -0.0583. The number of hydrogen-bond donors (Lipinski definition) is 3. The number of hydrogen-bond acceptors (Lipinski definition) is 3. The van der Waals surface area contributed by atoms with Gasteiger partial charge >= 0.3 is 0 Å². The first kappa shape index (κ1) is 10.9. The maximum Gasteiger partial charge on any atom is 0.0620 e. The van der Waals surface area contributed by atoms with Crippen LogP contribution in [0, 0.1) is 5.92 Å². The van der Waals surface area contributed by atoms with Crippen molar-refractivity contribution in [1.82, 2.24) is 5.32 Å². The van der Waals surface area contributed by atoms with Crippen molar-refractivity contribution in [3.8, 4) is 0 Å². The summed E-state index contributed by atoms with van der Waals surface area (Å²) in [7, 11) is 0. The summed E-state index contributed by atoms with van der Waals surface area (Å²) in [6.45, 7) is 7.76. The van der Waals surface area contributed by atoms with Gasteiger partial charge in [0, 0.05) is 12.1 Å². The van der Waals surface area contributed by atoms with Crippen molar-refractivity contribution in [2.75, 3.05) is 19.7 Å². The molecule has 0 saturated heterocycles. The third kappa shape index (κ3) is 6.28. The summed E-state index contributed by atoms with van der Waals surface area (Å²) in [5, 5.41) is 12.0. The molecule has 0 rings (SSSR count). The zero-order chi connectivity index (χ0) is 8.91. The Morgan fingerprint density at radius 1 is 1.55 bits per heavy atom. The molecule has 0 aliphatic heterocycles. The van der Waals surface area contributed by atoms with Gasteiger partial charge in [0.05, 0.1) is 6.61 Å². The normalized spacial score (nSPS) is 16.9. The van der Waals surface area contributed by atoms with E-state index in [0.29, 0.717) is 12.5 Å².